The van der Waals surface area contributed by atoms with Gasteiger partial charge in [0, 0.05) is 10.5 Å². The van der Waals surface area contributed by atoms with Gasteiger partial charge in [-0.25, -0.2) is 8.78 Å². The number of hydrogen-bond acceptors (Lipinski definition) is 2. The molecule has 0 radical (unpaired) electrons. The van der Waals surface area contributed by atoms with Gasteiger partial charge in [0.1, 0.15) is 11.6 Å². The van der Waals surface area contributed by atoms with E-state index in [1.165, 1.54) is 12.1 Å². The van der Waals surface area contributed by atoms with Gasteiger partial charge in [-0.05, 0) is 49.6 Å². The molecule has 1 nitrogen and oxygen atoms in total. The van der Waals surface area contributed by atoms with Crippen LogP contribution in [0.25, 0.3) is 0 Å². The summed E-state index contributed by atoms with van der Waals surface area (Å²) in [5.74, 6) is -0.776. The highest BCUT2D eigenvalue weighted by atomic mass is 32.2. The molecule has 1 N–H and O–H groups in total. The van der Waals surface area contributed by atoms with Crippen LogP contribution in [0.3, 0.4) is 0 Å². The zero-order chi connectivity index (χ0) is 14.7. The first-order valence-corrected chi connectivity index (χ1v) is 7.56. The number of benzene rings is 2. The van der Waals surface area contributed by atoms with E-state index in [1.807, 2.05) is 30.5 Å². The summed E-state index contributed by atoms with van der Waals surface area (Å²) in [5, 5.41) is 3.08. The second-order valence-electron chi connectivity index (χ2n) is 4.59. The SMILES string of the molecule is CNC(c1cc(F)c(C)cc1F)c1ccccc1SC. The van der Waals surface area contributed by atoms with Crippen LogP contribution < -0.4 is 5.32 Å². The minimum atomic E-state index is -0.390. The van der Waals surface area contributed by atoms with Crippen LogP contribution >= 0.6 is 11.8 Å². The Kier molecular flexibility index (Phi) is 4.78. The van der Waals surface area contributed by atoms with Crippen molar-refractivity contribution in [2.75, 3.05) is 13.3 Å². The first-order valence-electron chi connectivity index (χ1n) is 6.34. The van der Waals surface area contributed by atoms with Gasteiger partial charge in [-0.2, -0.15) is 0 Å². The maximum atomic E-state index is 14.2. The summed E-state index contributed by atoms with van der Waals surface area (Å²) >= 11 is 1.59. The summed E-state index contributed by atoms with van der Waals surface area (Å²) < 4.78 is 27.9. The van der Waals surface area contributed by atoms with Crippen molar-refractivity contribution in [1.82, 2.24) is 5.32 Å². The molecule has 20 heavy (non-hydrogen) atoms. The van der Waals surface area contributed by atoms with Gasteiger partial charge in [-0.3, -0.25) is 0 Å². The van der Waals surface area contributed by atoms with Gasteiger partial charge in [-0.1, -0.05) is 18.2 Å². The van der Waals surface area contributed by atoms with E-state index in [-0.39, 0.29) is 17.7 Å². The van der Waals surface area contributed by atoms with Crippen molar-refractivity contribution < 1.29 is 8.78 Å². The largest absolute Gasteiger partial charge is 0.309 e. The van der Waals surface area contributed by atoms with E-state index in [1.54, 1.807) is 25.7 Å². The van der Waals surface area contributed by atoms with E-state index < -0.39 is 0 Å². The summed E-state index contributed by atoms with van der Waals surface area (Å²) in [6.45, 7) is 1.56. The number of hydrogen-bond donors (Lipinski definition) is 1. The fraction of sp³-hybridized carbons (Fsp3) is 0.250. The molecule has 0 aliphatic carbocycles. The lowest BCUT2D eigenvalue weighted by molar-refractivity contribution is 0.551. The number of aryl methyl sites for hydroxylation is 1. The summed E-state index contributed by atoms with van der Waals surface area (Å²) in [4.78, 5) is 1.05. The Morgan fingerprint density at radius 2 is 1.75 bits per heavy atom. The monoisotopic (exact) mass is 293 g/mol. The summed E-state index contributed by atoms with van der Waals surface area (Å²) in [5.41, 5.74) is 1.60. The molecule has 2 aromatic carbocycles. The van der Waals surface area contributed by atoms with E-state index in [4.69, 9.17) is 0 Å². The summed E-state index contributed by atoms with van der Waals surface area (Å²) in [6, 6.07) is 9.92. The molecule has 0 bridgehead atoms. The van der Waals surface area contributed by atoms with E-state index in [9.17, 15) is 8.78 Å². The Labute approximate surface area is 122 Å². The van der Waals surface area contributed by atoms with Crippen molar-refractivity contribution in [2.45, 2.75) is 17.9 Å². The average Bonchev–Trinajstić information content (AvgIpc) is 2.45. The van der Waals surface area contributed by atoms with Crippen molar-refractivity contribution in [3.8, 4) is 0 Å². The molecule has 0 heterocycles. The Bertz CT molecular complexity index is 613. The number of nitrogens with one attached hydrogen (secondary N) is 1. The Hall–Kier alpha value is -1.39. The minimum Gasteiger partial charge on any atom is -0.309 e. The summed E-state index contributed by atoms with van der Waals surface area (Å²) in [7, 11) is 1.75. The fourth-order valence-electron chi connectivity index (χ4n) is 2.27. The summed E-state index contributed by atoms with van der Waals surface area (Å²) in [6.07, 6.45) is 1.97. The molecular weight excluding hydrogens is 276 g/mol. The molecule has 0 spiro atoms. The second-order valence-corrected chi connectivity index (χ2v) is 5.43. The van der Waals surface area contributed by atoms with Crippen LogP contribution in [0.5, 0.6) is 0 Å². The van der Waals surface area contributed by atoms with Gasteiger partial charge >= 0.3 is 0 Å². The van der Waals surface area contributed by atoms with Gasteiger partial charge in [0.05, 0.1) is 6.04 Å². The van der Waals surface area contributed by atoms with Gasteiger partial charge in [-0.15, -0.1) is 11.8 Å². The molecule has 0 aliphatic rings. The lowest BCUT2D eigenvalue weighted by Crippen LogP contribution is -2.20. The molecule has 0 amide bonds. The van der Waals surface area contributed by atoms with E-state index in [0.717, 1.165) is 10.5 Å². The molecule has 1 unspecified atom stereocenters. The lowest BCUT2D eigenvalue weighted by atomic mass is 9.97. The quantitative estimate of drug-likeness (QED) is 0.843. The molecule has 0 saturated carbocycles. The zero-order valence-electron chi connectivity index (χ0n) is 11.7. The highest BCUT2D eigenvalue weighted by Gasteiger charge is 2.20. The molecule has 2 rings (SSSR count). The van der Waals surface area contributed by atoms with Crippen LogP contribution in [0, 0.1) is 18.6 Å². The Morgan fingerprint density at radius 3 is 2.40 bits per heavy atom. The maximum Gasteiger partial charge on any atom is 0.128 e. The van der Waals surface area contributed by atoms with Gasteiger partial charge in [0.25, 0.3) is 0 Å². The molecular formula is C16H17F2NS. The molecule has 0 fully saturated rings. The van der Waals surface area contributed by atoms with Crippen molar-refractivity contribution >= 4 is 11.8 Å². The fourth-order valence-corrected chi connectivity index (χ4v) is 2.90. The third kappa shape index (κ3) is 2.86. The van der Waals surface area contributed by atoms with Crippen LogP contribution in [0.2, 0.25) is 0 Å². The van der Waals surface area contributed by atoms with Crippen LogP contribution in [-0.2, 0) is 0 Å². The van der Waals surface area contributed by atoms with Crippen LogP contribution in [0.4, 0.5) is 8.78 Å². The van der Waals surface area contributed by atoms with Gasteiger partial charge < -0.3 is 5.32 Å². The molecule has 2 aromatic rings. The van der Waals surface area contributed by atoms with Crippen molar-refractivity contribution in [2.24, 2.45) is 0 Å². The number of thioether (sulfide) groups is 1. The topological polar surface area (TPSA) is 12.0 Å². The van der Waals surface area contributed by atoms with Gasteiger partial charge in [0.2, 0.25) is 0 Å². The molecule has 1 atom stereocenters. The first-order chi connectivity index (χ1) is 9.58. The second kappa shape index (κ2) is 6.37. The van der Waals surface area contributed by atoms with Gasteiger partial charge in [0.15, 0.2) is 0 Å². The predicted octanol–water partition coefficient (Wildman–Crippen LogP) is 4.30. The third-order valence-electron chi connectivity index (χ3n) is 3.33. The number of halogens is 2. The van der Waals surface area contributed by atoms with Crippen molar-refractivity contribution in [3.05, 3.63) is 64.7 Å². The van der Waals surface area contributed by atoms with Crippen LogP contribution in [0.15, 0.2) is 41.3 Å². The average molecular weight is 293 g/mol. The van der Waals surface area contributed by atoms with E-state index in [0.29, 0.717) is 11.1 Å². The highest BCUT2D eigenvalue weighted by molar-refractivity contribution is 7.98. The van der Waals surface area contributed by atoms with E-state index >= 15 is 0 Å². The van der Waals surface area contributed by atoms with Crippen molar-refractivity contribution in [1.29, 1.82) is 0 Å². The maximum absolute atomic E-state index is 14.2. The normalized spacial score (nSPS) is 12.4. The van der Waals surface area contributed by atoms with Crippen LogP contribution in [0.1, 0.15) is 22.7 Å². The standard InChI is InChI=1S/C16H17F2NS/c1-10-8-14(18)12(9-13(10)17)16(19-2)11-6-4-5-7-15(11)20-3/h4-9,16,19H,1-3H3. The van der Waals surface area contributed by atoms with E-state index in [2.05, 4.69) is 5.32 Å². The number of rotatable bonds is 4. The zero-order valence-corrected chi connectivity index (χ0v) is 12.5. The molecule has 0 aliphatic heterocycles. The highest BCUT2D eigenvalue weighted by Crippen LogP contribution is 2.32. The lowest BCUT2D eigenvalue weighted by Gasteiger charge is -2.21. The first kappa shape index (κ1) is 15.0. The minimum absolute atomic E-state index is 0.319. The molecule has 0 saturated heterocycles. The van der Waals surface area contributed by atoms with Crippen molar-refractivity contribution in [3.63, 3.8) is 0 Å². The smallest absolute Gasteiger partial charge is 0.128 e. The van der Waals surface area contributed by atoms with Crippen LogP contribution in [-0.4, -0.2) is 13.3 Å². The third-order valence-corrected chi connectivity index (χ3v) is 4.14. The molecule has 106 valence electrons. The predicted molar refractivity (Wildman–Crippen MR) is 80.2 cm³/mol. The Morgan fingerprint density at radius 1 is 1.05 bits per heavy atom. The molecule has 0 aromatic heterocycles. The Balaban J connectivity index is 2.55. The molecule has 4 heteroatoms.